The zero-order valence-electron chi connectivity index (χ0n) is 12.1. The Balaban J connectivity index is 1.86. The van der Waals surface area contributed by atoms with Crippen LogP contribution in [0, 0.1) is 0 Å². The molecule has 20 heavy (non-hydrogen) atoms. The number of aryl methyl sites for hydroxylation is 1. The highest BCUT2D eigenvalue weighted by Gasteiger charge is 2.17. The van der Waals surface area contributed by atoms with Gasteiger partial charge in [0, 0.05) is 23.2 Å². The molecule has 1 amide bonds. The third-order valence-electron chi connectivity index (χ3n) is 3.40. The monoisotopic (exact) mass is 290 g/mol. The quantitative estimate of drug-likeness (QED) is 0.859. The Kier molecular flexibility index (Phi) is 4.78. The summed E-state index contributed by atoms with van der Waals surface area (Å²) in [6.45, 7) is 4.34. The summed E-state index contributed by atoms with van der Waals surface area (Å²) in [6, 6.07) is 8.42. The largest absolute Gasteiger partial charge is 0.350 e. The molecule has 0 bridgehead atoms. The SMILES string of the molecule is CC(C)(CN)NC(=O)CCCc1csc2ccccc12. The second kappa shape index (κ2) is 6.37. The molecule has 0 aliphatic carbocycles. The first-order chi connectivity index (χ1) is 9.52. The minimum absolute atomic E-state index is 0.0833. The van der Waals surface area contributed by atoms with Crippen LogP contribution in [0.25, 0.3) is 10.1 Å². The summed E-state index contributed by atoms with van der Waals surface area (Å²) >= 11 is 1.77. The molecule has 1 aromatic carbocycles. The van der Waals surface area contributed by atoms with Crippen molar-refractivity contribution in [3.8, 4) is 0 Å². The molecule has 1 aromatic heterocycles. The van der Waals surface area contributed by atoms with Crippen molar-refractivity contribution in [2.24, 2.45) is 5.73 Å². The Hall–Kier alpha value is -1.39. The van der Waals surface area contributed by atoms with Gasteiger partial charge in [0.15, 0.2) is 0 Å². The van der Waals surface area contributed by atoms with Gasteiger partial charge in [-0.15, -0.1) is 11.3 Å². The fourth-order valence-electron chi connectivity index (χ4n) is 2.16. The highest BCUT2D eigenvalue weighted by Crippen LogP contribution is 2.26. The Morgan fingerprint density at radius 1 is 1.35 bits per heavy atom. The first-order valence-electron chi connectivity index (χ1n) is 6.98. The van der Waals surface area contributed by atoms with Crippen molar-refractivity contribution in [1.29, 1.82) is 0 Å². The van der Waals surface area contributed by atoms with Crippen LogP contribution in [-0.4, -0.2) is 18.0 Å². The van der Waals surface area contributed by atoms with Gasteiger partial charge in [-0.05, 0) is 49.1 Å². The van der Waals surface area contributed by atoms with Crippen LogP contribution in [0.2, 0.25) is 0 Å². The van der Waals surface area contributed by atoms with Crippen molar-refractivity contribution in [2.75, 3.05) is 6.54 Å². The van der Waals surface area contributed by atoms with Crippen LogP contribution in [0.4, 0.5) is 0 Å². The topological polar surface area (TPSA) is 55.1 Å². The maximum Gasteiger partial charge on any atom is 0.220 e. The second-order valence-corrected chi connectivity index (χ2v) is 6.66. The number of carbonyl (C=O) groups excluding carboxylic acids is 1. The minimum Gasteiger partial charge on any atom is -0.350 e. The Bertz CT molecular complexity index is 589. The van der Waals surface area contributed by atoms with Crippen LogP contribution in [0.1, 0.15) is 32.3 Å². The molecule has 0 aliphatic rings. The predicted octanol–water partition coefficient (Wildman–Crippen LogP) is 3.08. The van der Waals surface area contributed by atoms with E-state index in [1.807, 2.05) is 13.8 Å². The van der Waals surface area contributed by atoms with Gasteiger partial charge in [0.1, 0.15) is 0 Å². The lowest BCUT2D eigenvalue weighted by molar-refractivity contribution is -0.122. The molecule has 2 aromatic rings. The molecular formula is C16H22N2OS. The van der Waals surface area contributed by atoms with Crippen molar-refractivity contribution in [3.63, 3.8) is 0 Å². The third-order valence-corrected chi connectivity index (χ3v) is 4.41. The van der Waals surface area contributed by atoms with E-state index in [9.17, 15) is 4.79 Å². The van der Waals surface area contributed by atoms with Crippen LogP contribution in [0.5, 0.6) is 0 Å². The molecule has 108 valence electrons. The van der Waals surface area contributed by atoms with E-state index in [-0.39, 0.29) is 11.4 Å². The van der Waals surface area contributed by atoms with Crippen LogP contribution >= 0.6 is 11.3 Å². The molecule has 0 unspecified atom stereocenters. The first-order valence-corrected chi connectivity index (χ1v) is 7.86. The van der Waals surface area contributed by atoms with Gasteiger partial charge in [-0.2, -0.15) is 0 Å². The fraction of sp³-hybridized carbons (Fsp3) is 0.438. The number of hydrogen-bond donors (Lipinski definition) is 2. The molecule has 0 atom stereocenters. The first kappa shape index (κ1) is 15.0. The van der Waals surface area contributed by atoms with Crippen molar-refractivity contribution in [1.82, 2.24) is 5.32 Å². The highest BCUT2D eigenvalue weighted by atomic mass is 32.1. The molecule has 0 saturated heterocycles. The third kappa shape index (κ3) is 3.81. The predicted molar refractivity (Wildman–Crippen MR) is 86.0 cm³/mol. The van der Waals surface area contributed by atoms with Gasteiger partial charge in [0.2, 0.25) is 5.91 Å². The lowest BCUT2D eigenvalue weighted by Gasteiger charge is -2.24. The van der Waals surface area contributed by atoms with Crippen molar-refractivity contribution >= 4 is 27.3 Å². The number of hydrogen-bond acceptors (Lipinski definition) is 3. The van der Waals surface area contributed by atoms with E-state index >= 15 is 0 Å². The normalized spacial score (nSPS) is 11.8. The van der Waals surface area contributed by atoms with E-state index in [1.54, 1.807) is 11.3 Å². The lowest BCUT2D eigenvalue weighted by Crippen LogP contribution is -2.48. The van der Waals surface area contributed by atoms with Crippen molar-refractivity contribution in [3.05, 3.63) is 35.2 Å². The Labute approximate surface area is 124 Å². The second-order valence-electron chi connectivity index (χ2n) is 5.75. The smallest absolute Gasteiger partial charge is 0.220 e. The van der Waals surface area contributed by atoms with E-state index in [4.69, 9.17) is 5.73 Å². The van der Waals surface area contributed by atoms with Gasteiger partial charge >= 0.3 is 0 Å². The zero-order chi connectivity index (χ0) is 14.6. The maximum absolute atomic E-state index is 11.8. The maximum atomic E-state index is 11.8. The summed E-state index contributed by atoms with van der Waals surface area (Å²) in [5.41, 5.74) is 6.64. The molecule has 2 rings (SSSR count). The molecular weight excluding hydrogens is 268 g/mol. The van der Waals surface area contributed by atoms with Gasteiger partial charge in [-0.25, -0.2) is 0 Å². The number of benzene rings is 1. The lowest BCUT2D eigenvalue weighted by atomic mass is 10.0. The summed E-state index contributed by atoms with van der Waals surface area (Å²) < 4.78 is 1.32. The summed E-state index contributed by atoms with van der Waals surface area (Å²) in [4.78, 5) is 11.8. The van der Waals surface area contributed by atoms with Crippen molar-refractivity contribution in [2.45, 2.75) is 38.6 Å². The van der Waals surface area contributed by atoms with Gasteiger partial charge in [-0.1, -0.05) is 18.2 Å². The molecule has 4 heteroatoms. The van der Waals surface area contributed by atoms with Gasteiger partial charge in [0.25, 0.3) is 0 Å². The fourth-order valence-corrected chi connectivity index (χ4v) is 3.15. The highest BCUT2D eigenvalue weighted by molar-refractivity contribution is 7.17. The number of carbonyl (C=O) groups is 1. The average molecular weight is 290 g/mol. The average Bonchev–Trinajstić information content (AvgIpc) is 2.82. The summed E-state index contributed by atoms with van der Waals surface area (Å²) in [6.07, 6.45) is 2.36. The molecule has 3 nitrogen and oxygen atoms in total. The van der Waals surface area contributed by atoms with Crippen LogP contribution in [0.15, 0.2) is 29.6 Å². The number of amides is 1. The zero-order valence-corrected chi connectivity index (χ0v) is 12.9. The molecule has 0 aliphatic heterocycles. The van der Waals surface area contributed by atoms with E-state index in [0.29, 0.717) is 13.0 Å². The van der Waals surface area contributed by atoms with E-state index in [0.717, 1.165) is 12.8 Å². The standard InChI is InChI=1S/C16H22N2OS/c1-16(2,11-17)18-15(19)9-5-6-12-10-20-14-8-4-3-7-13(12)14/h3-4,7-8,10H,5-6,9,11,17H2,1-2H3,(H,18,19). The number of rotatable bonds is 6. The summed E-state index contributed by atoms with van der Waals surface area (Å²) in [7, 11) is 0. The van der Waals surface area contributed by atoms with Crippen molar-refractivity contribution < 1.29 is 4.79 Å². The molecule has 0 fully saturated rings. The number of nitrogens with two attached hydrogens (primary N) is 1. The van der Waals surface area contributed by atoms with Crippen LogP contribution in [-0.2, 0) is 11.2 Å². The van der Waals surface area contributed by atoms with E-state index in [1.165, 1.54) is 15.6 Å². The molecule has 0 saturated carbocycles. The number of thiophene rings is 1. The summed E-state index contributed by atoms with van der Waals surface area (Å²) in [5.74, 6) is 0.0833. The molecule has 3 N–H and O–H groups in total. The Morgan fingerprint density at radius 3 is 2.85 bits per heavy atom. The molecule has 0 spiro atoms. The minimum atomic E-state index is -0.313. The number of nitrogens with one attached hydrogen (secondary N) is 1. The van der Waals surface area contributed by atoms with E-state index < -0.39 is 0 Å². The van der Waals surface area contributed by atoms with E-state index in [2.05, 4.69) is 35.0 Å². The van der Waals surface area contributed by atoms with Crippen LogP contribution in [0.3, 0.4) is 0 Å². The molecule has 1 heterocycles. The summed E-state index contributed by atoms with van der Waals surface area (Å²) in [5, 5.41) is 6.48. The van der Waals surface area contributed by atoms with Gasteiger partial charge in [0.05, 0.1) is 0 Å². The van der Waals surface area contributed by atoms with Crippen LogP contribution < -0.4 is 11.1 Å². The van der Waals surface area contributed by atoms with Gasteiger partial charge in [-0.3, -0.25) is 4.79 Å². The van der Waals surface area contributed by atoms with Gasteiger partial charge < -0.3 is 11.1 Å². The Morgan fingerprint density at radius 2 is 2.10 bits per heavy atom. The number of fused-ring (bicyclic) bond motifs is 1. The molecule has 0 radical (unpaired) electrons.